The molecule has 3 nitrogen and oxygen atoms in total. The highest BCUT2D eigenvalue weighted by atomic mass is 15.0. The van der Waals surface area contributed by atoms with Crippen LogP contribution in [0.15, 0.2) is 176 Å². The number of aromatic nitrogens is 3. The lowest BCUT2D eigenvalue weighted by molar-refractivity contribution is 1.08. The van der Waals surface area contributed by atoms with Crippen LogP contribution in [0.3, 0.4) is 0 Å². The predicted octanol–water partition coefficient (Wildman–Crippen LogP) is 11.7. The molecule has 9 rings (SSSR count). The number of fused-ring (bicyclic) bond motifs is 4. The molecule has 0 saturated heterocycles. The molecule has 0 aliphatic rings. The van der Waals surface area contributed by atoms with Gasteiger partial charge in [0.05, 0.1) is 0 Å². The molecule has 0 saturated carbocycles. The minimum atomic E-state index is 0.636. The summed E-state index contributed by atoms with van der Waals surface area (Å²) in [4.78, 5) is 15.9. The summed E-state index contributed by atoms with van der Waals surface area (Å²) in [6.45, 7) is 0. The molecule has 0 N–H and O–H groups in total. The number of hydrogen-bond acceptors (Lipinski definition) is 3. The van der Waals surface area contributed by atoms with Crippen molar-refractivity contribution in [3.63, 3.8) is 0 Å². The molecule has 0 fully saturated rings. The van der Waals surface area contributed by atoms with E-state index in [0.717, 1.165) is 60.5 Å². The maximum Gasteiger partial charge on any atom is 0.165 e. The van der Waals surface area contributed by atoms with Gasteiger partial charge in [-0.2, -0.15) is 0 Å². The van der Waals surface area contributed by atoms with E-state index in [-0.39, 0.29) is 0 Å². The van der Waals surface area contributed by atoms with Crippen LogP contribution in [0.5, 0.6) is 0 Å². The minimum absolute atomic E-state index is 0.636. The van der Waals surface area contributed by atoms with Crippen molar-refractivity contribution in [1.82, 2.24) is 15.0 Å². The Labute approximate surface area is 278 Å². The van der Waals surface area contributed by atoms with E-state index in [4.69, 9.17) is 15.0 Å². The van der Waals surface area contributed by atoms with Crippen LogP contribution in [0.1, 0.15) is 0 Å². The van der Waals surface area contributed by atoms with Gasteiger partial charge in [0.2, 0.25) is 0 Å². The molecule has 48 heavy (non-hydrogen) atoms. The van der Waals surface area contributed by atoms with E-state index < -0.39 is 0 Å². The fraction of sp³-hybridized carbons (Fsp3) is 0. The van der Waals surface area contributed by atoms with Gasteiger partial charge in [0.25, 0.3) is 0 Å². The molecule has 0 atom stereocenters. The molecule has 1 heterocycles. The number of benzene rings is 8. The van der Waals surface area contributed by atoms with Gasteiger partial charge in [0.1, 0.15) is 0 Å². The number of nitrogens with zero attached hydrogens (tertiary/aromatic N) is 3. The zero-order valence-corrected chi connectivity index (χ0v) is 26.1. The molecule has 0 aliphatic carbocycles. The van der Waals surface area contributed by atoms with Crippen molar-refractivity contribution in [2.24, 2.45) is 0 Å². The van der Waals surface area contributed by atoms with Crippen LogP contribution in [0.2, 0.25) is 0 Å². The smallest absolute Gasteiger partial charge is 0.165 e. The number of rotatable bonds is 5. The van der Waals surface area contributed by atoms with Crippen molar-refractivity contribution in [1.29, 1.82) is 0 Å². The number of hydrogen-bond donors (Lipinski definition) is 0. The Bertz CT molecular complexity index is 2600. The summed E-state index contributed by atoms with van der Waals surface area (Å²) in [6.07, 6.45) is 0. The third-order valence-corrected chi connectivity index (χ3v) is 9.10. The van der Waals surface area contributed by atoms with Gasteiger partial charge in [-0.3, -0.25) is 0 Å². The Morgan fingerprint density at radius 1 is 0.292 bits per heavy atom. The van der Waals surface area contributed by atoms with E-state index in [1.54, 1.807) is 0 Å². The fourth-order valence-electron chi connectivity index (χ4n) is 6.81. The first-order chi connectivity index (χ1) is 23.8. The van der Waals surface area contributed by atoms with Crippen LogP contribution in [-0.2, 0) is 0 Å². The molecule has 3 heteroatoms. The second kappa shape index (κ2) is 11.7. The third kappa shape index (κ3) is 4.90. The van der Waals surface area contributed by atoms with Crippen molar-refractivity contribution in [3.05, 3.63) is 176 Å². The lowest BCUT2D eigenvalue weighted by Crippen LogP contribution is -2.02. The van der Waals surface area contributed by atoms with Gasteiger partial charge in [-0.25, -0.2) is 15.0 Å². The zero-order chi connectivity index (χ0) is 31.9. The van der Waals surface area contributed by atoms with Crippen molar-refractivity contribution in [3.8, 4) is 56.4 Å². The molecule has 0 unspecified atom stereocenters. The Kier molecular flexibility index (Phi) is 6.80. The average Bonchev–Trinajstić information content (AvgIpc) is 3.17. The van der Waals surface area contributed by atoms with Crippen molar-refractivity contribution >= 4 is 32.3 Å². The molecule has 224 valence electrons. The topological polar surface area (TPSA) is 38.7 Å². The quantitative estimate of drug-likeness (QED) is 0.144. The highest BCUT2D eigenvalue weighted by molar-refractivity contribution is 6.21. The lowest BCUT2D eigenvalue weighted by atomic mass is 9.92. The SMILES string of the molecule is c1ccc(-c2ccc(-c3ccccc3)c(-c3nc(-c4ccccc4)nc(-c4c5ccccc5cc5ccc6ccccc6c45)n3)c2)cc1. The van der Waals surface area contributed by atoms with Crippen LogP contribution >= 0.6 is 0 Å². The van der Waals surface area contributed by atoms with Crippen molar-refractivity contribution < 1.29 is 0 Å². The average molecular weight is 612 g/mol. The summed E-state index contributed by atoms with van der Waals surface area (Å²) in [6, 6.07) is 61.6. The van der Waals surface area contributed by atoms with Crippen LogP contribution in [0.25, 0.3) is 88.7 Å². The molecule has 9 aromatic rings. The molecule has 0 amide bonds. The normalized spacial score (nSPS) is 11.3. The Balaban J connectivity index is 1.40. The molecule has 1 aromatic heterocycles. The van der Waals surface area contributed by atoms with Crippen molar-refractivity contribution in [2.45, 2.75) is 0 Å². The van der Waals surface area contributed by atoms with E-state index in [9.17, 15) is 0 Å². The Morgan fingerprint density at radius 3 is 1.60 bits per heavy atom. The van der Waals surface area contributed by atoms with Gasteiger partial charge in [-0.1, -0.05) is 164 Å². The zero-order valence-electron chi connectivity index (χ0n) is 26.1. The lowest BCUT2D eigenvalue weighted by Gasteiger charge is -2.16. The van der Waals surface area contributed by atoms with Gasteiger partial charge in [0, 0.05) is 22.1 Å². The Morgan fingerprint density at radius 2 is 0.854 bits per heavy atom. The van der Waals surface area contributed by atoms with E-state index in [2.05, 4.69) is 146 Å². The molecule has 8 aromatic carbocycles. The molecular weight excluding hydrogens is 583 g/mol. The van der Waals surface area contributed by atoms with Gasteiger partial charge in [-0.05, 0) is 61.3 Å². The minimum Gasteiger partial charge on any atom is -0.208 e. The van der Waals surface area contributed by atoms with E-state index in [1.165, 1.54) is 10.8 Å². The Hall–Kier alpha value is -6.45. The first-order valence-electron chi connectivity index (χ1n) is 16.2. The highest BCUT2D eigenvalue weighted by Gasteiger charge is 2.20. The van der Waals surface area contributed by atoms with Crippen LogP contribution < -0.4 is 0 Å². The first-order valence-corrected chi connectivity index (χ1v) is 16.2. The van der Waals surface area contributed by atoms with Crippen molar-refractivity contribution in [2.75, 3.05) is 0 Å². The maximum atomic E-state index is 5.41. The summed E-state index contributed by atoms with van der Waals surface area (Å²) in [7, 11) is 0. The highest BCUT2D eigenvalue weighted by Crippen LogP contribution is 2.41. The fourth-order valence-corrected chi connectivity index (χ4v) is 6.81. The van der Waals surface area contributed by atoms with E-state index in [0.29, 0.717) is 17.5 Å². The summed E-state index contributed by atoms with van der Waals surface area (Å²) in [5, 5.41) is 6.91. The molecular formula is C45H29N3. The van der Waals surface area contributed by atoms with Gasteiger partial charge >= 0.3 is 0 Å². The molecule has 0 radical (unpaired) electrons. The van der Waals surface area contributed by atoms with E-state index >= 15 is 0 Å². The second-order valence-corrected chi connectivity index (χ2v) is 12.0. The van der Waals surface area contributed by atoms with Crippen LogP contribution in [0.4, 0.5) is 0 Å². The molecule has 0 spiro atoms. The molecule has 0 bridgehead atoms. The van der Waals surface area contributed by atoms with Crippen LogP contribution in [0, 0.1) is 0 Å². The van der Waals surface area contributed by atoms with Crippen LogP contribution in [-0.4, -0.2) is 15.0 Å². The monoisotopic (exact) mass is 611 g/mol. The predicted molar refractivity (Wildman–Crippen MR) is 200 cm³/mol. The molecule has 0 aliphatic heterocycles. The largest absolute Gasteiger partial charge is 0.208 e. The standard InChI is InChI=1S/C45H29N3/c1-4-14-30(15-5-1)34-26-27-37(31-16-6-2-7-17-31)40(29-34)44-46-43(33-19-8-3-9-20-33)47-45(48-44)42-39-23-13-11-21-35(39)28-36-25-24-32-18-10-12-22-38(32)41(36)42/h1-29H. The summed E-state index contributed by atoms with van der Waals surface area (Å²) in [5.74, 6) is 1.93. The summed E-state index contributed by atoms with van der Waals surface area (Å²) in [5.41, 5.74) is 7.34. The second-order valence-electron chi connectivity index (χ2n) is 12.0. The van der Waals surface area contributed by atoms with Gasteiger partial charge < -0.3 is 0 Å². The van der Waals surface area contributed by atoms with Gasteiger partial charge in [0.15, 0.2) is 17.5 Å². The first kappa shape index (κ1) is 27.8. The van der Waals surface area contributed by atoms with Gasteiger partial charge in [-0.15, -0.1) is 0 Å². The summed E-state index contributed by atoms with van der Waals surface area (Å²) < 4.78 is 0. The third-order valence-electron chi connectivity index (χ3n) is 9.10. The summed E-state index contributed by atoms with van der Waals surface area (Å²) >= 11 is 0. The van der Waals surface area contributed by atoms with E-state index in [1.807, 2.05) is 30.3 Å². The maximum absolute atomic E-state index is 5.41.